The van der Waals surface area contributed by atoms with E-state index in [1.165, 1.54) is 0 Å². The van der Waals surface area contributed by atoms with Crippen LogP contribution in [0.2, 0.25) is 0 Å². The Morgan fingerprint density at radius 3 is 2.48 bits per heavy atom. The second kappa shape index (κ2) is 7.24. The topological polar surface area (TPSA) is 55.8 Å². The predicted octanol–water partition coefficient (Wildman–Crippen LogP) is 3.30. The molecule has 0 saturated carbocycles. The molecule has 1 atom stereocenters. The molecule has 1 unspecified atom stereocenters. The van der Waals surface area contributed by atoms with Gasteiger partial charge in [-0.2, -0.15) is 0 Å². The van der Waals surface area contributed by atoms with E-state index in [1.807, 2.05) is 49.4 Å². The van der Waals surface area contributed by atoms with Crippen LogP contribution in [0.25, 0.3) is 0 Å². The van der Waals surface area contributed by atoms with Crippen LogP contribution in [0.1, 0.15) is 16.7 Å². The third-order valence-electron chi connectivity index (χ3n) is 3.05. The van der Waals surface area contributed by atoms with Crippen molar-refractivity contribution in [1.82, 2.24) is 0 Å². The van der Waals surface area contributed by atoms with Crippen molar-refractivity contribution < 1.29 is 18.2 Å². The Labute approximate surface area is 127 Å². The number of ether oxygens (including phenoxy) is 2. The Bertz CT molecular complexity index is 623. The number of methoxy groups -OCH3 is 1. The molecule has 0 bridgehead atoms. The van der Waals surface area contributed by atoms with Crippen LogP contribution in [0, 0.1) is 6.92 Å². The number of hydrogen-bond acceptors (Lipinski definition) is 3. The van der Waals surface area contributed by atoms with Crippen molar-refractivity contribution >= 4 is 11.1 Å². The maximum Gasteiger partial charge on any atom is 0.157 e. The molecule has 0 fully saturated rings. The molecule has 2 aromatic carbocycles. The molecule has 0 spiro atoms. The Balaban J connectivity index is 2.09. The van der Waals surface area contributed by atoms with Gasteiger partial charge in [-0.25, -0.2) is 4.21 Å². The largest absolute Gasteiger partial charge is 0.497 e. The zero-order valence-electron chi connectivity index (χ0n) is 12.0. The number of aryl methyl sites for hydroxylation is 1. The Hall–Kier alpha value is -1.85. The van der Waals surface area contributed by atoms with Crippen LogP contribution >= 0.6 is 0 Å². The molecule has 0 aliphatic heterocycles. The van der Waals surface area contributed by atoms with Crippen molar-refractivity contribution in [3.05, 3.63) is 59.2 Å². The predicted molar refractivity (Wildman–Crippen MR) is 83.0 cm³/mol. The summed E-state index contributed by atoms with van der Waals surface area (Å²) >= 11 is -1.88. The van der Waals surface area contributed by atoms with Crippen LogP contribution in [-0.2, 0) is 23.4 Å². The molecule has 0 aromatic heterocycles. The minimum atomic E-state index is -1.88. The second-order valence-electron chi connectivity index (χ2n) is 4.71. The highest BCUT2D eigenvalue weighted by Gasteiger charge is 2.07. The van der Waals surface area contributed by atoms with Crippen molar-refractivity contribution in [2.24, 2.45) is 0 Å². The number of rotatable bonds is 6. The maximum atomic E-state index is 11.0. The summed E-state index contributed by atoms with van der Waals surface area (Å²) in [5.41, 5.74) is 2.78. The third kappa shape index (κ3) is 4.58. The summed E-state index contributed by atoms with van der Waals surface area (Å²) in [4.78, 5) is 0. The van der Waals surface area contributed by atoms with Crippen LogP contribution in [-0.4, -0.2) is 15.9 Å². The van der Waals surface area contributed by atoms with Crippen LogP contribution in [0.15, 0.2) is 42.5 Å². The molecule has 0 amide bonds. The molecule has 2 aromatic rings. The van der Waals surface area contributed by atoms with Crippen molar-refractivity contribution in [3.63, 3.8) is 0 Å². The Morgan fingerprint density at radius 2 is 1.86 bits per heavy atom. The lowest BCUT2D eigenvalue weighted by Crippen LogP contribution is -2.01. The minimum absolute atomic E-state index is 0.0691. The second-order valence-corrected chi connectivity index (χ2v) is 5.65. The summed E-state index contributed by atoms with van der Waals surface area (Å²) in [6, 6.07) is 13.2. The highest BCUT2D eigenvalue weighted by Crippen LogP contribution is 2.23. The zero-order chi connectivity index (χ0) is 15.2. The zero-order valence-corrected chi connectivity index (χ0v) is 12.9. The lowest BCUT2D eigenvalue weighted by atomic mass is 10.1. The van der Waals surface area contributed by atoms with Crippen LogP contribution in [0.3, 0.4) is 0 Å². The molecule has 2 rings (SSSR count). The smallest absolute Gasteiger partial charge is 0.157 e. The van der Waals surface area contributed by atoms with Gasteiger partial charge in [0.15, 0.2) is 11.1 Å². The summed E-state index contributed by atoms with van der Waals surface area (Å²) in [6.45, 7) is 2.34. The average Bonchev–Trinajstić information content (AvgIpc) is 2.46. The van der Waals surface area contributed by atoms with Gasteiger partial charge in [0.2, 0.25) is 0 Å². The molecule has 5 heteroatoms. The lowest BCUT2D eigenvalue weighted by molar-refractivity contribution is 0.303. The molecule has 112 valence electrons. The summed E-state index contributed by atoms with van der Waals surface area (Å²) in [5, 5.41) is 0. The summed E-state index contributed by atoms with van der Waals surface area (Å²) in [5.74, 6) is 1.50. The standard InChI is InChI=1S/C16H18O4S/c1-12-3-8-16(14(9-12)11-21(17)18)20-10-13-4-6-15(19-2)7-5-13/h3-9H,10-11H2,1-2H3,(H,17,18). The quantitative estimate of drug-likeness (QED) is 0.832. The van der Waals surface area contributed by atoms with Gasteiger partial charge in [-0.05, 0) is 30.7 Å². The van der Waals surface area contributed by atoms with Crippen LogP contribution < -0.4 is 9.47 Å². The molecular formula is C16H18O4S. The van der Waals surface area contributed by atoms with Gasteiger partial charge in [-0.15, -0.1) is 0 Å². The van der Waals surface area contributed by atoms with E-state index in [-0.39, 0.29) is 5.75 Å². The van der Waals surface area contributed by atoms with Crippen LogP contribution in [0.4, 0.5) is 0 Å². The van der Waals surface area contributed by atoms with E-state index in [2.05, 4.69) is 0 Å². The Kier molecular flexibility index (Phi) is 5.36. The molecular weight excluding hydrogens is 288 g/mol. The number of benzene rings is 2. The fourth-order valence-corrected chi connectivity index (χ4v) is 2.47. The molecule has 0 radical (unpaired) electrons. The van der Waals surface area contributed by atoms with E-state index in [9.17, 15) is 4.21 Å². The Morgan fingerprint density at radius 1 is 1.14 bits per heavy atom. The molecule has 0 saturated heterocycles. The van der Waals surface area contributed by atoms with Crippen molar-refractivity contribution in [2.45, 2.75) is 19.3 Å². The third-order valence-corrected chi connectivity index (χ3v) is 3.61. The molecule has 4 nitrogen and oxygen atoms in total. The van der Waals surface area contributed by atoms with E-state index >= 15 is 0 Å². The fraction of sp³-hybridized carbons (Fsp3) is 0.250. The number of hydrogen-bond donors (Lipinski definition) is 1. The van der Waals surface area contributed by atoms with Crippen molar-refractivity contribution in [2.75, 3.05) is 7.11 Å². The maximum absolute atomic E-state index is 11.0. The lowest BCUT2D eigenvalue weighted by Gasteiger charge is -2.12. The normalized spacial score (nSPS) is 12.0. The molecule has 0 aliphatic rings. The molecule has 0 heterocycles. The first kappa shape index (κ1) is 15.5. The summed E-state index contributed by atoms with van der Waals surface area (Å²) in [7, 11) is 1.62. The van der Waals surface area contributed by atoms with Gasteiger partial charge in [0, 0.05) is 5.56 Å². The minimum Gasteiger partial charge on any atom is -0.497 e. The van der Waals surface area contributed by atoms with E-state index in [0.717, 1.165) is 22.4 Å². The van der Waals surface area contributed by atoms with E-state index in [1.54, 1.807) is 7.11 Å². The van der Waals surface area contributed by atoms with E-state index < -0.39 is 11.1 Å². The fourth-order valence-electron chi connectivity index (χ4n) is 1.98. The van der Waals surface area contributed by atoms with Gasteiger partial charge in [0.05, 0.1) is 12.9 Å². The first-order chi connectivity index (χ1) is 10.1. The SMILES string of the molecule is COc1ccc(COc2ccc(C)cc2CS(=O)O)cc1. The van der Waals surface area contributed by atoms with Gasteiger partial charge in [0.1, 0.15) is 18.1 Å². The van der Waals surface area contributed by atoms with Gasteiger partial charge >= 0.3 is 0 Å². The summed E-state index contributed by atoms with van der Waals surface area (Å²) in [6.07, 6.45) is 0. The molecule has 1 N–H and O–H groups in total. The first-order valence-electron chi connectivity index (χ1n) is 6.51. The van der Waals surface area contributed by atoms with E-state index in [4.69, 9.17) is 14.0 Å². The average molecular weight is 306 g/mol. The first-order valence-corrected chi connectivity index (χ1v) is 7.79. The molecule has 21 heavy (non-hydrogen) atoms. The van der Waals surface area contributed by atoms with Gasteiger partial charge in [-0.1, -0.05) is 29.8 Å². The van der Waals surface area contributed by atoms with Crippen molar-refractivity contribution in [3.8, 4) is 11.5 Å². The molecule has 0 aliphatic carbocycles. The van der Waals surface area contributed by atoms with Crippen LogP contribution in [0.5, 0.6) is 11.5 Å². The highest BCUT2D eigenvalue weighted by molar-refractivity contribution is 7.78. The van der Waals surface area contributed by atoms with Gasteiger partial charge in [0.25, 0.3) is 0 Å². The van der Waals surface area contributed by atoms with Crippen molar-refractivity contribution in [1.29, 1.82) is 0 Å². The van der Waals surface area contributed by atoms with Gasteiger partial charge in [-0.3, -0.25) is 0 Å². The van der Waals surface area contributed by atoms with Gasteiger partial charge < -0.3 is 14.0 Å². The van der Waals surface area contributed by atoms with E-state index in [0.29, 0.717) is 12.4 Å². The monoisotopic (exact) mass is 306 g/mol. The summed E-state index contributed by atoms with van der Waals surface area (Å²) < 4.78 is 31.0. The highest BCUT2D eigenvalue weighted by atomic mass is 32.2.